The molecule has 38 valence electrons. The van der Waals surface area contributed by atoms with Crippen LogP contribution >= 0.6 is 11.6 Å². The molecule has 0 fully saturated rings. The largest absolute Gasteiger partial charge is 0.348 e. The van der Waals surface area contributed by atoms with Gasteiger partial charge in [0, 0.05) is 13.2 Å². The molecule has 1 rings (SSSR count). The van der Waals surface area contributed by atoms with Crippen LogP contribution in [0.25, 0.3) is 0 Å². The van der Waals surface area contributed by atoms with Gasteiger partial charge in [0.1, 0.15) is 5.16 Å². The number of hydrogen-bond acceptors (Lipinski definition) is 2. The highest BCUT2D eigenvalue weighted by atomic mass is 35.5. The molecule has 0 atom stereocenters. The maximum absolute atomic E-state index is 5.45. The van der Waals surface area contributed by atoms with Crippen molar-refractivity contribution >= 4 is 11.6 Å². The van der Waals surface area contributed by atoms with Crippen LogP contribution < -0.4 is 5.32 Å². The van der Waals surface area contributed by atoms with E-state index in [-0.39, 0.29) is 0 Å². The molecule has 0 amide bonds. The average molecular weight is 117 g/mol. The molecule has 0 aromatic rings. The van der Waals surface area contributed by atoms with E-state index in [1.807, 2.05) is 7.05 Å². The highest BCUT2D eigenvalue weighted by molar-refractivity contribution is 6.29. The minimum atomic E-state index is 0.613. The lowest BCUT2D eigenvalue weighted by atomic mass is 10.9. The SMILES string of the molecule is CN1[C]NC(Cl)=C1. The first kappa shape index (κ1) is 4.78. The Balaban J connectivity index is 2.50. The van der Waals surface area contributed by atoms with Crippen molar-refractivity contribution in [3.05, 3.63) is 18.0 Å². The summed E-state index contributed by atoms with van der Waals surface area (Å²) in [7, 11) is 1.85. The molecule has 0 spiro atoms. The van der Waals surface area contributed by atoms with Gasteiger partial charge in [0.15, 0.2) is 0 Å². The number of hydrogen-bond donors (Lipinski definition) is 1. The van der Waals surface area contributed by atoms with Gasteiger partial charge in [0.05, 0.1) is 0 Å². The number of halogens is 1. The third kappa shape index (κ3) is 0.996. The summed E-state index contributed by atoms with van der Waals surface area (Å²) in [5, 5.41) is 3.29. The van der Waals surface area contributed by atoms with E-state index in [4.69, 9.17) is 11.6 Å². The Kier molecular flexibility index (Phi) is 1.11. The fraction of sp³-hybridized carbons (Fsp3) is 0.250. The summed E-state index contributed by atoms with van der Waals surface area (Å²) in [5.74, 6) is 0. The van der Waals surface area contributed by atoms with Gasteiger partial charge < -0.3 is 10.2 Å². The molecule has 3 heteroatoms. The van der Waals surface area contributed by atoms with Gasteiger partial charge in [-0.1, -0.05) is 11.6 Å². The number of nitrogens with one attached hydrogen (secondary N) is 1. The van der Waals surface area contributed by atoms with Crippen molar-refractivity contribution in [2.75, 3.05) is 7.05 Å². The van der Waals surface area contributed by atoms with E-state index >= 15 is 0 Å². The van der Waals surface area contributed by atoms with Crippen LogP contribution in [0.1, 0.15) is 0 Å². The third-order valence-corrected chi connectivity index (χ3v) is 0.851. The third-order valence-electron chi connectivity index (χ3n) is 0.659. The molecule has 0 aromatic heterocycles. The molecule has 2 radical (unpaired) electrons. The van der Waals surface area contributed by atoms with Gasteiger partial charge in [-0.05, 0) is 0 Å². The second-order valence-corrected chi connectivity index (χ2v) is 1.73. The van der Waals surface area contributed by atoms with E-state index in [0.29, 0.717) is 5.16 Å². The second-order valence-electron chi connectivity index (χ2n) is 1.32. The first-order chi connectivity index (χ1) is 3.29. The van der Waals surface area contributed by atoms with E-state index in [2.05, 4.69) is 12.0 Å². The van der Waals surface area contributed by atoms with Gasteiger partial charge in [-0.2, -0.15) is 0 Å². The van der Waals surface area contributed by atoms with Crippen molar-refractivity contribution in [1.29, 1.82) is 0 Å². The van der Waals surface area contributed by atoms with Crippen LogP contribution in [-0.4, -0.2) is 11.9 Å². The highest BCUT2D eigenvalue weighted by Crippen LogP contribution is 2.06. The van der Waals surface area contributed by atoms with Gasteiger partial charge in [-0.25, -0.2) is 0 Å². The van der Waals surface area contributed by atoms with Crippen LogP contribution in [0.2, 0.25) is 0 Å². The maximum atomic E-state index is 5.45. The van der Waals surface area contributed by atoms with E-state index in [1.165, 1.54) is 0 Å². The van der Waals surface area contributed by atoms with Crippen LogP contribution in [-0.2, 0) is 0 Å². The molecule has 0 unspecified atom stereocenters. The lowest BCUT2D eigenvalue weighted by Gasteiger charge is -1.98. The minimum absolute atomic E-state index is 0.613. The Morgan fingerprint density at radius 3 is 2.86 bits per heavy atom. The molecule has 1 N–H and O–H groups in total. The van der Waals surface area contributed by atoms with E-state index in [1.54, 1.807) is 11.1 Å². The maximum Gasteiger partial charge on any atom is 0.205 e. The molecule has 0 saturated carbocycles. The first-order valence-electron chi connectivity index (χ1n) is 1.91. The van der Waals surface area contributed by atoms with Crippen LogP contribution in [0.4, 0.5) is 0 Å². The summed E-state index contributed by atoms with van der Waals surface area (Å²) in [6, 6.07) is 0. The van der Waals surface area contributed by atoms with Crippen LogP contribution in [0, 0.1) is 6.67 Å². The van der Waals surface area contributed by atoms with Crippen molar-refractivity contribution < 1.29 is 0 Å². The minimum Gasteiger partial charge on any atom is -0.348 e. The zero-order chi connectivity index (χ0) is 5.28. The molecular weight excluding hydrogens is 112 g/mol. The Labute approximate surface area is 47.8 Å². The summed E-state index contributed by atoms with van der Waals surface area (Å²) in [5.41, 5.74) is 0. The van der Waals surface area contributed by atoms with E-state index in [0.717, 1.165) is 0 Å². The quantitative estimate of drug-likeness (QED) is 0.465. The fourth-order valence-corrected chi connectivity index (χ4v) is 0.565. The lowest BCUT2D eigenvalue weighted by Crippen LogP contribution is -2.07. The van der Waals surface area contributed by atoms with Crippen molar-refractivity contribution in [2.24, 2.45) is 0 Å². The van der Waals surface area contributed by atoms with Crippen LogP contribution in [0.3, 0.4) is 0 Å². The summed E-state index contributed by atoms with van der Waals surface area (Å²) in [4.78, 5) is 1.72. The average Bonchev–Trinajstić information content (AvgIpc) is 1.87. The van der Waals surface area contributed by atoms with E-state index in [9.17, 15) is 0 Å². The molecule has 2 nitrogen and oxygen atoms in total. The summed E-state index contributed by atoms with van der Waals surface area (Å²) in [6.45, 7) is 2.73. The zero-order valence-electron chi connectivity index (χ0n) is 3.90. The summed E-state index contributed by atoms with van der Waals surface area (Å²) >= 11 is 5.45. The van der Waals surface area contributed by atoms with Gasteiger partial charge in [0.25, 0.3) is 0 Å². The van der Waals surface area contributed by atoms with Gasteiger partial charge in [0.2, 0.25) is 6.67 Å². The normalized spacial score (nSPS) is 19.1. The van der Waals surface area contributed by atoms with Crippen molar-refractivity contribution in [3.8, 4) is 0 Å². The van der Waals surface area contributed by atoms with Crippen molar-refractivity contribution in [2.45, 2.75) is 0 Å². The van der Waals surface area contributed by atoms with Crippen molar-refractivity contribution in [3.63, 3.8) is 0 Å². The van der Waals surface area contributed by atoms with Gasteiger partial charge in [-0.3, -0.25) is 0 Å². The molecule has 7 heavy (non-hydrogen) atoms. The molecular formula is C4H5ClN2. The highest BCUT2D eigenvalue weighted by Gasteiger charge is 2.03. The summed E-state index contributed by atoms with van der Waals surface area (Å²) < 4.78 is 0. The molecule has 1 aliphatic rings. The Morgan fingerprint density at radius 1 is 2.00 bits per heavy atom. The predicted octanol–water partition coefficient (Wildman–Crippen LogP) is 0.555. The van der Waals surface area contributed by atoms with Crippen LogP contribution in [0.5, 0.6) is 0 Å². The zero-order valence-corrected chi connectivity index (χ0v) is 4.66. The molecule has 0 aliphatic carbocycles. The number of rotatable bonds is 0. The Bertz CT molecular complexity index is 99.9. The molecule has 0 aromatic carbocycles. The molecule has 1 aliphatic heterocycles. The predicted molar refractivity (Wildman–Crippen MR) is 28.1 cm³/mol. The Hall–Kier alpha value is -0.370. The standard InChI is InChI=1S/C4H5ClN2/c1-7-2-4(5)6-3-7/h2,6H,1H3. The first-order valence-corrected chi connectivity index (χ1v) is 2.28. The fourth-order valence-electron chi connectivity index (χ4n) is 0.376. The lowest BCUT2D eigenvalue weighted by molar-refractivity contribution is 0.559. The van der Waals surface area contributed by atoms with Gasteiger partial charge in [-0.15, -0.1) is 0 Å². The van der Waals surface area contributed by atoms with Crippen molar-refractivity contribution in [1.82, 2.24) is 10.2 Å². The molecule has 0 saturated heterocycles. The smallest absolute Gasteiger partial charge is 0.205 e. The summed E-state index contributed by atoms with van der Waals surface area (Å²) in [6.07, 6.45) is 1.74. The topological polar surface area (TPSA) is 15.3 Å². The second kappa shape index (κ2) is 1.62. The number of nitrogens with zero attached hydrogens (tertiary/aromatic N) is 1. The Morgan fingerprint density at radius 2 is 2.71 bits per heavy atom. The van der Waals surface area contributed by atoms with E-state index < -0.39 is 0 Å². The van der Waals surface area contributed by atoms with Gasteiger partial charge >= 0.3 is 0 Å². The molecule has 0 bridgehead atoms. The molecule has 1 heterocycles. The van der Waals surface area contributed by atoms with Crippen LogP contribution in [0.15, 0.2) is 11.4 Å². The monoisotopic (exact) mass is 116 g/mol.